The van der Waals surface area contributed by atoms with Gasteiger partial charge in [-0.15, -0.1) is 0 Å². The third-order valence-corrected chi connectivity index (χ3v) is 4.32. The van der Waals surface area contributed by atoms with Gasteiger partial charge < -0.3 is 10.4 Å². The van der Waals surface area contributed by atoms with Crippen molar-refractivity contribution in [1.82, 2.24) is 15.0 Å². The van der Waals surface area contributed by atoms with Gasteiger partial charge in [0, 0.05) is 46.2 Å². The molecule has 2 N–H and O–H groups in total. The highest BCUT2D eigenvalue weighted by Gasteiger charge is 2.34. The van der Waals surface area contributed by atoms with Crippen molar-refractivity contribution >= 4 is 29.0 Å². The lowest BCUT2D eigenvalue weighted by Crippen LogP contribution is -2.16. The van der Waals surface area contributed by atoms with Gasteiger partial charge in [-0.05, 0) is 24.3 Å². The van der Waals surface area contributed by atoms with E-state index in [4.69, 9.17) is 23.2 Å². The summed E-state index contributed by atoms with van der Waals surface area (Å²) in [5.41, 5.74) is -0.334. The summed E-state index contributed by atoms with van der Waals surface area (Å²) < 4.78 is 39.6. The second-order valence-electron chi connectivity index (χ2n) is 5.76. The van der Waals surface area contributed by atoms with Crippen LogP contribution in [0.4, 0.5) is 19.0 Å². The van der Waals surface area contributed by atoms with E-state index in [1.165, 1.54) is 30.6 Å². The Morgan fingerprint density at radius 2 is 1.75 bits per heavy atom. The molecule has 0 bridgehead atoms. The van der Waals surface area contributed by atoms with Crippen molar-refractivity contribution in [2.75, 3.05) is 11.9 Å². The molecule has 5 nitrogen and oxygen atoms in total. The van der Waals surface area contributed by atoms with E-state index in [1.54, 1.807) is 12.1 Å². The molecular weight excluding hydrogens is 416 g/mol. The number of pyridine rings is 1. The predicted octanol–water partition coefficient (Wildman–Crippen LogP) is 5.01. The van der Waals surface area contributed by atoms with E-state index in [-0.39, 0.29) is 23.2 Å². The quantitative estimate of drug-likeness (QED) is 0.597. The summed E-state index contributed by atoms with van der Waals surface area (Å²) in [5.74, 6) is -0.197. The first-order chi connectivity index (χ1) is 13.2. The number of alkyl halides is 3. The first kappa shape index (κ1) is 20.3. The Labute approximate surface area is 168 Å². The molecule has 2 aromatic heterocycles. The average molecular weight is 429 g/mol. The van der Waals surface area contributed by atoms with E-state index in [0.717, 1.165) is 6.07 Å². The van der Waals surface area contributed by atoms with Crippen molar-refractivity contribution in [1.29, 1.82) is 0 Å². The van der Waals surface area contributed by atoms with Gasteiger partial charge in [-0.25, -0.2) is 9.97 Å². The third-order valence-electron chi connectivity index (χ3n) is 3.75. The van der Waals surface area contributed by atoms with Crippen LogP contribution in [0.2, 0.25) is 10.0 Å². The number of hydrogen-bond acceptors (Lipinski definition) is 5. The summed E-state index contributed by atoms with van der Waals surface area (Å²) >= 11 is 11.9. The normalized spacial score (nSPS) is 12.6. The minimum Gasteiger partial charge on any atom is -0.387 e. The van der Waals surface area contributed by atoms with E-state index in [2.05, 4.69) is 20.3 Å². The third kappa shape index (κ3) is 4.89. The van der Waals surface area contributed by atoms with Gasteiger partial charge in [-0.3, -0.25) is 4.98 Å². The lowest BCUT2D eigenvalue weighted by atomic mass is 10.1. The number of aliphatic hydroxyl groups excluding tert-OH is 1. The molecule has 0 fully saturated rings. The van der Waals surface area contributed by atoms with Crippen molar-refractivity contribution in [3.05, 3.63) is 70.1 Å². The fourth-order valence-corrected chi connectivity index (χ4v) is 2.93. The van der Waals surface area contributed by atoms with Gasteiger partial charge >= 0.3 is 6.18 Å². The monoisotopic (exact) mass is 428 g/mol. The fourth-order valence-electron chi connectivity index (χ4n) is 2.40. The summed E-state index contributed by atoms with van der Waals surface area (Å²) in [6, 6.07) is 8.35. The molecule has 0 spiro atoms. The van der Waals surface area contributed by atoms with Crippen LogP contribution in [0, 0.1) is 0 Å². The van der Waals surface area contributed by atoms with Crippen molar-refractivity contribution < 1.29 is 18.3 Å². The molecule has 3 rings (SSSR count). The Morgan fingerprint density at radius 3 is 2.39 bits per heavy atom. The molecule has 0 amide bonds. The summed E-state index contributed by atoms with van der Waals surface area (Å²) in [6.45, 7) is -0.120. The molecule has 0 aliphatic heterocycles. The van der Waals surface area contributed by atoms with Gasteiger partial charge in [0.25, 0.3) is 0 Å². The maximum Gasteiger partial charge on any atom is 0.433 e. The van der Waals surface area contributed by atoms with E-state index < -0.39 is 18.0 Å². The van der Waals surface area contributed by atoms with Gasteiger partial charge in [-0.2, -0.15) is 13.2 Å². The number of halogens is 5. The Hall–Kier alpha value is -2.42. The molecule has 0 aliphatic carbocycles. The Kier molecular flexibility index (Phi) is 6.02. The SMILES string of the molecule is OC(CNc1cc(C(F)(F)F)nc(-c2ccncc2)n1)c1ccc(Cl)cc1Cl. The Morgan fingerprint density at radius 1 is 1.04 bits per heavy atom. The highest BCUT2D eigenvalue weighted by molar-refractivity contribution is 6.35. The molecule has 0 radical (unpaired) electrons. The number of nitrogens with one attached hydrogen (secondary N) is 1. The van der Waals surface area contributed by atoms with Crippen molar-refractivity contribution in [2.45, 2.75) is 12.3 Å². The first-order valence-electron chi connectivity index (χ1n) is 7.97. The Bertz CT molecular complexity index is 971. The van der Waals surface area contributed by atoms with Gasteiger partial charge in [-0.1, -0.05) is 29.3 Å². The minimum absolute atomic E-state index is 0.0849. The highest BCUT2D eigenvalue weighted by atomic mass is 35.5. The van der Waals surface area contributed by atoms with E-state index in [0.29, 0.717) is 16.1 Å². The van der Waals surface area contributed by atoms with Crippen molar-refractivity contribution in [2.24, 2.45) is 0 Å². The highest BCUT2D eigenvalue weighted by Crippen LogP contribution is 2.31. The number of hydrogen-bond donors (Lipinski definition) is 2. The number of anilines is 1. The Balaban J connectivity index is 1.86. The second-order valence-corrected chi connectivity index (χ2v) is 6.60. The van der Waals surface area contributed by atoms with Crippen LogP contribution in [0.15, 0.2) is 48.8 Å². The van der Waals surface area contributed by atoms with Crippen LogP contribution in [0.3, 0.4) is 0 Å². The molecule has 0 saturated carbocycles. The first-order valence-corrected chi connectivity index (χ1v) is 8.73. The topological polar surface area (TPSA) is 70.9 Å². The predicted molar refractivity (Wildman–Crippen MR) is 100 cm³/mol. The van der Waals surface area contributed by atoms with Crippen LogP contribution in [0.25, 0.3) is 11.4 Å². The summed E-state index contributed by atoms with van der Waals surface area (Å²) in [6.07, 6.45) is -2.88. The molecule has 0 saturated heterocycles. The van der Waals surface area contributed by atoms with Crippen LogP contribution in [0.5, 0.6) is 0 Å². The summed E-state index contributed by atoms with van der Waals surface area (Å²) in [7, 11) is 0. The average Bonchev–Trinajstić information content (AvgIpc) is 2.66. The largest absolute Gasteiger partial charge is 0.433 e. The van der Waals surface area contributed by atoms with Crippen LogP contribution in [0.1, 0.15) is 17.4 Å². The summed E-state index contributed by atoms with van der Waals surface area (Å²) in [5, 5.41) is 13.7. The van der Waals surface area contributed by atoms with Crippen LogP contribution < -0.4 is 5.32 Å². The van der Waals surface area contributed by atoms with Crippen molar-refractivity contribution in [3.8, 4) is 11.4 Å². The zero-order valence-corrected chi connectivity index (χ0v) is 15.6. The minimum atomic E-state index is -4.65. The molecular formula is C18H13Cl2F3N4O. The molecule has 1 unspecified atom stereocenters. The molecule has 0 aliphatic rings. The van der Waals surface area contributed by atoms with Gasteiger partial charge in [0.1, 0.15) is 5.82 Å². The maximum absolute atomic E-state index is 13.2. The molecule has 2 heterocycles. The molecule has 10 heteroatoms. The van der Waals surface area contributed by atoms with E-state index in [9.17, 15) is 18.3 Å². The van der Waals surface area contributed by atoms with E-state index >= 15 is 0 Å². The van der Waals surface area contributed by atoms with Crippen LogP contribution in [-0.2, 0) is 6.18 Å². The molecule has 1 atom stereocenters. The van der Waals surface area contributed by atoms with Gasteiger partial charge in [0.2, 0.25) is 0 Å². The number of aliphatic hydroxyl groups is 1. The standard InChI is InChI=1S/C18H13Cl2F3N4O/c19-11-1-2-12(13(20)7-11)14(28)9-25-16-8-15(18(21,22)23)26-17(27-16)10-3-5-24-6-4-10/h1-8,14,28H,9H2,(H,25,26,27). The molecule has 146 valence electrons. The number of nitrogens with zero attached hydrogens (tertiary/aromatic N) is 3. The van der Waals surface area contributed by atoms with Crippen molar-refractivity contribution in [3.63, 3.8) is 0 Å². The smallest absolute Gasteiger partial charge is 0.387 e. The number of rotatable bonds is 5. The number of benzene rings is 1. The van der Waals surface area contributed by atoms with Gasteiger partial charge in [0.15, 0.2) is 11.5 Å². The van der Waals surface area contributed by atoms with Crippen LogP contribution in [-0.4, -0.2) is 26.6 Å². The van der Waals surface area contributed by atoms with Gasteiger partial charge in [0.05, 0.1) is 6.10 Å². The molecule has 3 aromatic rings. The zero-order chi connectivity index (χ0) is 20.3. The molecule has 1 aromatic carbocycles. The zero-order valence-electron chi connectivity index (χ0n) is 14.1. The fraction of sp³-hybridized carbons (Fsp3) is 0.167. The van der Waals surface area contributed by atoms with Crippen LogP contribution >= 0.6 is 23.2 Å². The number of aromatic nitrogens is 3. The second kappa shape index (κ2) is 8.30. The lowest BCUT2D eigenvalue weighted by molar-refractivity contribution is -0.141. The maximum atomic E-state index is 13.2. The van der Waals surface area contributed by atoms with E-state index in [1.807, 2.05) is 0 Å². The molecule has 28 heavy (non-hydrogen) atoms. The lowest BCUT2D eigenvalue weighted by Gasteiger charge is -2.16. The summed E-state index contributed by atoms with van der Waals surface area (Å²) in [4.78, 5) is 11.5.